The Labute approximate surface area is 106 Å². The Morgan fingerprint density at radius 1 is 1.22 bits per heavy atom. The molecule has 0 saturated carbocycles. The lowest BCUT2D eigenvalue weighted by atomic mass is 10.1. The van der Waals surface area contributed by atoms with Crippen LogP contribution in [0.5, 0.6) is 0 Å². The lowest BCUT2D eigenvalue weighted by Crippen LogP contribution is -2.18. The number of rotatable bonds is 3. The summed E-state index contributed by atoms with van der Waals surface area (Å²) in [5.74, 6) is 1.22. The third kappa shape index (κ3) is 2.38. The maximum Gasteiger partial charge on any atom is 0.259 e. The molecule has 2 aromatic heterocycles. The van der Waals surface area contributed by atoms with Gasteiger partial charge in [0.15, 0.2) is 5.82 Å². The van der Waals surface area contributed by atoms with Gasteiger partial charge in [0.1, 0.15) is 0 Å². The molecule has 0 spiro atoms. The summed E-state index contributed by atoms with van der Waals surface area (Å²) in [4.78, 5) is 4.33. The fourth-order valence-corrected chi connectivity index (χ4v) is 1.54. The molecule has 0 bridgehead atoms. The molecule has 1 unspecified atom stereocenters. The van der Waals surface area contributed by atoms with Crippen LogP contribution in [0.15, 0.2) is 10.6 Å². The van der Waals surface area contributed by atoms with Gasteiger partial charge in [-0.1, -0.05) is 19.0 Å². The molecule has 2 aromatic rings. The van der Waals surface area contributed by atoms with Crippen LogP contribution in [-0.2, 0) is 0 Å². The van der Waals surface area contributed by atoms with Crippen molar-refractivity contribution in [2.24, 2.45) is 11.7 Å². The van der Waals surface area contributed by atoms with E-state index in [1.807, 2.05) is 33.8 Å². The van der Waals surface area contributed by atoms with Gasteiger partial charge in [0, 0.05) is 0 Å². The third-order valence-corrected chi connectivity index (χ3v) is 2.79. The van der Waals surface area contributed by atoms with E-state index < -0.39 is 0 Å². The van der Waals surface area contributed by atoms with Crippen LogP contribution in [0.1, 0.15) is 37.1 Å². The second-order valence-corrected chi connectivity index (χ2v) is 4.71. The van der Waals surface area contributed by atoms with Gasteiger partial charge in [0.2, 0.25) is 0 Å². The standard InChI is InChI=1S/C12H17N5O/c1-6(2)10(13)11-14-12(18-17-11)9-5-7(3)15-16-8(9)4/h5-6,10H,13H2,1-4H3. The Morgan fingerprint density at radius 3 is 2.61 bits per heavy atom. The van der Waals surface area contributed by atoms with Gasteiger partial charge < -0.3 is 10.3 Å². The molecule has 2 heterocycles. The van der Waals surface area contributed by atoms with Gasteiger partial charge in [-0.15, -0.1) is 0 Å². The normalized spacial score (nSPS) is 13.0. The Bertz CT molecular complexity index is 549. The van der Waals surface area contributed by atoms with Crippen LogP contribution in [0.25, 0.3) is 11.5 Å². The number of aromatic nitrogens is 4. The Morgan fingerprint density at radius 2 is 1.94 bits per heavy atom. The highest BCUT2D eigenvalue weighted by Crippen LogP contribution is 2.23. The van der Waals surface area contributed by atoms with Gasteiger partial charge in [0.25, 0.3) is 5.89 Å². The first-order valence-electron chi connectivity index (χ1n) is 5.89. The van der Waals surface area contributed by atoms with Crippen molar-refractivity contribution in [2.45, 2.75) is 33.7 Å². The van der Waals surface area contributed by atoms with Crippen molar-refractivity contribution in [1.29, 1.82) is 0 Å². The van der Waals surface area contributed by atoms with Crippen molar-refractivity contribution in [3.05, 3.63) is 23.3 Å². The minimum absolute atomic E-state index is 0.223. The van der Waals surface area contributed by atoms with Crippen molar-refractivity contribution in [1.82, 2.24) is 20.3 Å². The van der Waals surface area contributed by atoms with E-state index >= 15 is 0 Å². The molecule has 0 saturated heterocycles. The van der Waals surface area contributed by atoms with Crippen LogP contribution in [0.3, 0.4) is 0 Å². The maximum absolute atomic E-state index is 5.98. The molecule has 6 nitrogen and oxygen atoms in total. The molecule has 0 amide bonds. The topological polar surface area (TPSA) is 90.7 Å². The summed E-state index contributed by atoms with van der Waals surface area (Å²) in [5.41, 5.74) is 8.35. The first-order chi connectivity index (χ1) is 8.49. The molecule has 0 fully saturated rings. The van der Waals surface area contributed by atoms with E-state index in [0.717, 1.165) is 17.0 Å². The average molecular weight is 247 g/mol. The van der Waals surface area contributed by atoms with Crippen LogP contribution < -0.4 is 5.73 Å². The number of hydrogen-bond acceptors (Lipinski definition) is 6. The molecular formula is C12H17N5O. The minimum Gasteiger partial charge on any atom is -0.334 e. The van der Waals surface area contributed by atoms with E-state index in [9.17, 15) is 0 Å². The van der Waals surface area contributed by atoms with Crippen LogP contribution in [0.4, 0.5) is 0 Å². The zero-order valence-corrected chi connectivity index (χ0v) is 11.0. The fraction of sp³-hybridized carbons (Fsp3) is 0.500. The van der Waals surface area contributed by atoms with E-state index in [4.69, 9.17) is 10.3 Å². The monoisotopic (exact) mass is 247 g/mol. The first kappa shape index (κ1) is 12.6. The zero-order valence-electron chi connectivity index (χ0n) is 11.0. The molecule has 0 radical (unpaired) electrons. The molecule has 1 atom stereocenters. The minimum atomic E-state index is -0.223. The van der Waals surface area contributed by atoms with Crippen molar-refractivity contribution in [2.75, 3.05) is 0 Å². The van der Waals surface area contributed by atoms with Crippen LogP contribution >= 0.6 is 0 Å². The lowest BCUT2D eigenvalue weighted by Gasteiger charge is -2.09. The summed E-state index contributed by atoms with van der Waals surface area (Å²) >= 11 is 0. The van der Waals surface area contributed by atoms with Crippen molar-refractivity contribution in [3.63, 3.8) is 0 Å². The molecule has 0 aliphatic rings. The van der Waals surface area contributed by atoms with Gasteiger partial charge in [-0.05, 0) is 25.8 Å². The highest BCUT2D eigenvalue weighted by atomic mass is 16.5. The zero-order chi connectivity index (χ0) is 13.3. The number of nitrogens with zero attached hydrogens (tertiary/aromatic N) is 4. The summed E-state index contributed by atoms with van der Waals surface area (Å²) in [6, 6.07) is 1.65. The second kappa shape index (κ2) is 4.81. The van der Waals surface area contributed by atoms with Crippen LogP contribution in [0.2, 0.25) is 0 Å². The molecule has 2 rings (SSSR count). The summed E-state index contributed by atoms with van der Waals surface area (Å²) in [7, 11) is 0. The van der Waals surface area contributed by atoms with Gasteiger partial charge in [-0.25, -0.2) is 0 Å². The predicted molar refractivity (Wildman–Crippen MR) is 66.6 cm³/mol. The largest absolute Gasteiger partial charge is 0.334 e. The Kier molecular flexibility index (Phi) is 3.38. The molecule has 0 aromatic carbocycles. The Hall–Kier alpha value is -1.82. The summed E-state index contributed by atoms with van der Waals surface area (Å²) in [5, 5.41) is 11.9. The molecule has 18 heavy (non-hydrogen) atoms. The van der Waals surface area contributed by atoms with E-state index in [1.165, 1.54) is 0 Å². The molecule has 0 aliphatic carbocycles. The van der Waals surface area contributed by atoms with Crippen molar-refractivity contribution in [3.8, 4) is 11.5 Å². The van der Waals surface area contributed by atoms with Crippen molar-refractivity contribution >= 4 is 0 Å². The highest BCUT2D eigenvalue weighted by molar-refractivity contribution is 5.55. The van der Waals surface area contributed by atoms with Gasteiger partial charge >= 0.3 is 0 Å². The van der Waals surface area contributed by atoms with Crippen molar-refractivity contribution < 1.29 is 4.52 Å². The summed E-state index contributed by atoms with van der Waals surface area (Å²) in [6.45, 7) is 7.76. The van der Waals surface area contributed by atoms with Crippen LogP contribution in [0, 0.1) is 19.8 Å². The summed E-state index contributed by atoms with van der Waals surface area (Å²) in [6.07, 6.45) is 0. The van der Waals surface area contributed by atoms with Gasteiger partial charge in [-0.3, -0.25) is 0 Å². The van der Waals surface area contributed by atoms with E-state index in [0.29, 0.717) is 11.7 Å². The lowest BCUT2D eigenvalue weighted by molar-refractivity contribution is 0.399. The summed E-state index contributed by atoms with van der Waals surface area (Å²) < 4.78 is 5.25. The highest BCUT2D eigenvalue weighted by Gasteiger charge is 2.19. The SMILES string of the molecule is Cc1cc(-c2nc(C(N)C(C)C)no2)c(C)nn1. The number of nitrogens with two attached hydrogens (primary N) is 1. The maximum atomic E-state index is 5.98. The van der Waals surface area contributed by atoms with Gasteiger partial charge in [-0.2, -0.15) is 15.2 Å². The smallest absolute Gasteiger partial charge is 0.259 e. The molecule has 6 heteroatoms. The van der Waals surface area contributed by atoms with E-state index in [1.54, 1.807) is 0 Å². The first-order valence-corrected chi connectivity index (χ1v) is 5.89. The average Bonchev–Trinajstić information content (AvgIpc) is 2.80. The number of aryl methyl sites for hydroxylation is 2. The molecule has 2 N–H and O–H groups in total. The number of hydrogen-bond donors (Lipinski definition) is 1. The van der Waals surface area contributed by atoms with Gasteiger partial charge in [0.05, 0.1) is 23.0 Å². The molecular weight excluding hydrogens is 230 g/mol. The third-order valence-electron chi connectivity index (χ3n) is 2.79. The quantitative estimate of drug-likeness (QED) is 0.889. The Balaban J connectivity index is 2.38. The molecule has 96 valence electrons. The molecule has 0 aliphatic heterocycles. The fourth-order valence-electron chi connectivity index (χ4n) is 1.54. The van der Waals surface area contributed by atoms with E-state index in [2.05, 4.69) is 20.3 Å². The van der Waals surface area contributed by atoms with E-state index in [-0.39, 0.29) is 12.0 Å². The van der Waals surface area contributed by atoms with Crippen LogP contribution in [-0.4, -0.2) is 20.3 Å². The second-order valence-electron chi connectivity index (χ2n) is 4.71. The predicted octanol–water partition coefficient (Wildman–Crippen LogP) is 1.80.